The second-order valence-corrected chi connectivity index (χ2v) is 5.77. The molecular weight excluding hydrogens is 312 g/mol. The zero-order chi connectivity index (χ0) is 17.6. The van der Waals surface area contributed by atoms with Gasteiger partial charge in [0.25, 0.3) is 0 Å². The van der Waals surface area contributed by atoms with Gasteiger partial charge in [-0.2, -0.15) is 0 Å². The van der Waals surface area contributed by atoms with Crippen molar-refractivity contribution in [1.82, 2.24) is 4.98 Å². The third-order valence-corrected chi connectivity index (χ3v) is 4.10. The first-order valence-electron chi connectivity index (χ1n) is 8.11. The number of fused-ring (bicyclic) bond motifs is 1. The van der Waals surface area contributed by atoms with Crippen LogP contribution < -0.4 is 10.1 Å². The molecule has 1 heterocycles. The molecule has 2 aromatic carbocycles. The Morgan fingerprint density at radius 3 is 2.84 bits per heavy atom. The summed E-state index contributed by atoms with van der Waals surface area (Å²) < 4.78 is 5.24. The highest BCUT2D eigenvalue weighted by molar-refractivity contribution is 6.01. The van der Waals surface area contributed by atoms with E-state index in [1.54, 1.807) is 19.4 Å². The molecule has 3 rings (SSSR count). The molecule has 1 aromatic heterocycles. The van der Waals surface area contributed by atoms with Gasteiger partial charge in [-0.25, -0.2) is 0 Å². The predicted molar refractivity (Wildman–Crippen MR) is 101 cm³/mol. The molecule has 0 spiro atoms. The number of hydrogen-bond acceptors (Lipinski definition) is 3. The highest BCUT2D eigenvalue weighted by Gasteiger charge is 2.17. The fourth-order valence-electron chi connectivity index (χ4n) is 2.77. The van der Waals surface area contributed by atoms with Gasteiger partial charge in [-0.15, -0.1) is 6.58 Å². The van der Waals surface area contributed by atoms with Crippen molar-refractivity contribution < 1.29 is 9.53 Å². The van der Waals surface area contributed by atoms with E-state index in [2.05, 4.69) is 16.9 Å². The maximum Gasteiger partial charge on any atom is 0.231 e. The minimum Gasteiger partial charge on any atom is -0.497 e. The van der Waals surface area contributed by atoms with E-state index >= 15 is 0 Å². The first-order valence-corrected chi connectivity index (χ1v) is 8.11. The molecule has 1 atom stereocenters. The van der Waals surface area contributed by atoms with Gasteiger partial charge in [-0.3, -0.25) is 9.78 Å². The van der Waals surface area contributed by atoms with E-state index in [1.807, 2.05) is 54.6 Å². The average Bonchev–Trinajstić information content (AvgIpc) is 2.66. The molecule has 4 nitrogen and oxygen atoms in total. The quantitative estimate of drug-likeness (QED) is 0.687. The molecule has 0 radical (unpaired) electrons. The van der Waals surface area contributed by atoms with Crippen LogP contribution in [-0.2, 0) is 11.2 Å². The lowest BCUT2D eigenvalue weighted by atomic mass is 9.98. The molecule has 1 unspecified atom stereocenters. The fraction of sp³-hybridized carbons (Fsp3) is 0.143. The number of anilines is 1. The van der Waals surface area contributed by atoms with Crippen molar-refractivity contribution in [3.8, 4) is 5.75 Å². The Kier molecular flexibility index (Phi) is 5.09. The van der Waals surface area contributed by atoms with E-state index in [-0.39, 0.29) is 11.8 Å². The number of methoxy groups -OCH3 is 1. The normalized spacial score (nSPS) is 11.7. The Morgan fingerprint density at radius 2 is 2.04 bits per heavy atom. The lowest BCUT2D eigenvalue weighted by Crippen LogP contribution is -2.23. The van der Waals surface area contributed by atoms with E-state index in [1.165, 1.54) is 0 Å². The highest BCUT2D eigenvalue weighted by atomic mass is 16.5. The van der Waals surface area contributed by atoms with Crippen LogP contribution in [0.5, 0.6) is 5.75 Å². The van der Waals surface area contributed by atoms with Crippen LogP contribution in [0.2, 0.25) is 0 Å². The zero-order valence-electron chi connectivity index (χ0n) is 14.1. The third kappa shape index (κ3) is 3.86. The molecule has 25 heavy (non-hydrogen) atoms. The smallest absolute Gasteiger partial charge is 0.231 e. The van der Waals surface area contributed by atoms with Crippen LogP contribution in [0.4, 0.5) is 5.69 Å². The maximum absolute atomic E-state index is 12.7. The van der Waals surface area contributed by atoms with Gasteiger partial charge < -0.3 is 10.1 Å². The zero-order valence-corrected chi connectivity index (χ0v) is 14.1. The number of nitrogens with one attached hydrogen (secondary N) is 1. The summed E-state index contributed by atoms with van der Waals surface area (Å²) in [5, 5.41) is 3.97. The molecule has 1 N–H and O–H groups in total. The Bertz CT molecular complexity index is 900. The van der Waals surface area contributed by atoms with Gasteiger partial charge in [0.15, 0.2) is 0 Å². The van der Waals surface area contributed by atoms with Crippen LogP contribution in [0.3, 0.4) is 0 Å². The standard InChI is InChI=1S/C21H20N2O2/c1-3-16(13-15-7-4-10-18(14-15)25-2)21(24)23-19-11-5-8-17-9-6-12-22-20(17)19/h3-12,14,16H,1,13H2,2H3,(H,23,24). The number of amides is 1. The number of nitrogens with zero attached hydrogens (tertiary/aromatic N) is 1. The Morgan fingerprint density at radius 1 is 1.24 bits per heavy atom. The second kappa shape index (κ2) is 7.62. The van der Waals surface area contributed by atoms with Crippen molar-refractivity contribution in [3.05, 3.63) is 79.0 Å². The number of carbonyl (C=O) groups excluding carboxylic acids is 1. The Balaban J connectivity index is 1.79. The lowest BCUT2D eigenvalue weighted by Gasteiger charge is -2.14. The van der Waals surface area contributed by atoms with E-state index in [0.717, 1.165) is 22.2 Å². The van der Waals surface area contributed by atoms with Crippen molar-refractivity contribution in [2.24, 2.45) is 5.92 Å². The topological polar surface area (TPSA) is 51.2 Å². The van der Waals surface area contributed by atoms with E-state index < -0.39 is 0 Å². The van der Waals surface area contributed by atoms with E-state index in [4.69, 9.17) is 4.74 Å². The summed E-state index contributed by atoms with van der Waals surface area (Å²) in [5.74, 6) is 0.334. The number of rotatable bonds is 6. The van der Waals surface area contributed by atoms with Crippen LogP contribution in [0.1, 0.15) is 5.56 Å². The molecule has 0 bridgehead atoms. The number of benzene rings is 2. The lowest BCUT2D eigenvalue weighted by molar-refractivity contribution is -0.118. The molecular formula is C21H20N2O2. The van der Waals surface area contributed by atoms with Gasteiger partial charge in [0, 0.05) is 11.6 Å². The molecule has 0 saturated heterocycles. The second-order valence-electron chi connectivity index (χ2n) is 5.77. The predicted octanol–water partition coefficient (Wildman–Crippen LogP) is 4.23. The largest absolute Gasteiger partial charge is 0.497 e. The Hall–Kier alpha value is -3.14. The van der Waals surface area contributed by atoms with Crippen LogP contribution >= 0.6 is 0 Å². The molecule has 126 valence electrons. The molecule has 3 aromatic rings. The van der Waals surface area contributed by atoms with Gasteiger partial charge in [0.1, 0.15) is 5.75 Å². The highest BCUT2D eigenvalue weighted by Crippen LogP contribution is 2.22. The summed E-state index contributed by atoms with van der Waals surface area (Å²) >= 11 is 0. The summed E-state index contributed by atoms with van der Waals surface area (Å²) in [6, 6.07) is 17.3. The van der Waals surface area contributed by atoms with E-state index in [0.29, 0.717) is 12.1 Å². The van der Waals surface area contributed by atoms with Gasteiger partial charge in [-0.1, -0.05) is 36.4 Å². The van der Waals surface area contributed by atoms with Crippen LogP contribution in [0, 0.1) is 5.92 Å². The molecule has 1 amide bonds. The molecule has 0 aliphatic rings. The molecule has 4 heteroatoms. The molecule has 0 aliphatic carbocycles. The summed E-state index contributed by atoms with van der Waals surface area (Å²) in [7, 11) is 1.63. The van der Waals surface area contributed by atoms with Gasteiger partial charge >= 0.3 is 0 Å². The van der Waals surface area contributed by atoms with Crippen molar-refractivity contribution >= 4 is 22.5 Å². The molecule has 0 aliphatic heterocycles. The number of hydrogen-bond donors (Lipinski definition) is 1. The van der Waals surface area contributed by atoms with E-state index in [9.17, 15) is 4.79 Å². The number of carbonyl (C=O) groups is 1. The van der Waals surface area contributed by atoms with Crippen molar-refractivity contribution in [2.45, 2.75) is 6.42 Å². The fourth-order valence-corrected chi connectivity index (χ4v) is 2.77. The summed E-state index contributed by atoms with van der Waals surface area (Å²) in [6.45, 7) is 3.82. The Labute approximate surface area is 147 Å². The third-order valence-electron chi connectivity index (χ3n) is 4.10. The van der Waals surface area contributed by atoms with Gasteiger partial charge in [0.05, 0.1) is 24.2 Å². The van der Waals surface area contributed by atoms with Crippen molar-refractivity contribution in [2.75, 3.05) is 12.4 Å². The number of aromatic nitrogens is 1. The van der Waals surface area contributed by atoms with Crippen LogP contribution in [-0.4, -0.2) is 18.0 Å². The van der Waals surface area contributed by atoms with Crippen LogP contribution in [0.25, 0.3) is 10.9 Å². The minimum atomic E-state index is -0.342. The minimum absolute atomic E-state index is 0.101. The van der Waals surface area contributed by atoms with Crippen LogP contribution in [0.15, 0.2) is 73.4 Å². The van der Waals surface area contributed by atoms with Gasteiger partial charge in [0.2, 0.25) is 5.91 Å². The summed E-state index contributed by atoms with van der Waals surface area (Å²) in [5.41, 5.74) is 2.51. The number of para-hydroxylation sites is 1. The monoisotopic (exact) mass is 332 g/mol. The summed E-state index contributed by atoms with van der Waals surface area (Å²) in [6.07, 6.45) is 3.96. The average molecular weight is 332 g/mol. The molecule has 0 saturated carbocycles. The van der Waals surface area contributed by atoms with Gasteiger partial charge in [-0.05, 0) is 36.2 Å². The first-order chi connectivity index (χ1) is 12.2. The number of pyridine rings is 1. The number of ether oxygens (including phenoxy) is 1. The first kappa shape index (κ1) is 16.7. The SMILES string of the molecule is C=CC(Cc1cccc(OC)c1)C(=O)Nc1cccc2cccnc12. The maximum atomic E-state index is 12.7. The van der Waals surface area contributed by atoms with Crippen molar-refractivity contribution in [1.29, 1.82) is 0 Å². The molecule has 0 fully saturated rings. The van der Waals surface area contributed by atoms with Crippen molar-refractivity contribution in [3.63, 3.8) is 0 Å². The summed E-state index contributed by atoms with van der Waals surface area (Å²) in [4.78, 5) is 17.1.